The van der Waals surface area contributed by atoms with Crippen LogP contribution in [0, 0.1) is 0 Å². The van der Waals surface area contributed by atoms with Gasteiger partial charge >= 0.3 is 5.97 Å². The maximum absolute atomic E-state index is 12.9. The van der Waals surface area contributed by atoms with E-state index < -0.39 is 0 Å². The van der Waals surface area contributed by atoms with Crippen molar-refractivity contribution in [2.75, 3.05) is 6.61 Å². The first kappa shape index (κ1) is 19.6. The number of thiophene rings is 1. The highest BCUT2D eigenvalue weighted by Gasteiger charge is 2.20. The Kier molecular flexibility index (Phi) is 5.94. The van der Waals surface area contributed by atoms with E-state index in [1.54, 1.807) is 41.9 Å². The van der Waals surface area contributed by atoms with Crippen molar-refractivity contribution in [1.82, 2.24) is 9.55 Å². The summed E-state index contributed by atoms with van der Waals surface area (Å²) in [5.41, 5.74) is 1.11. The third kappa shape index (κ3) is 4.34. The quantitative estimate of drug-likeness (QED) is 0.431. The summed E-state index contributed by atoms with van der Waals surface area (Å²) < 4.78 is 12.4. The summed E-state index contributed by atoms with van der Waals surface area (Å²) in [6, 6.07) is 6.97. The Bertz CT molecular complexity index is 1070. The third-order valence-corrected chi connectivity index (χ3v) is 6.23. The van der Waals surface area contributed by atoms with Gasteiger partial charge in [0.05, 0.1) is 24.7 Å². The molecule has 0 spiro atoms. The SMILES string of the molecule is CCCOc1ccc(OC(=O)CCn2cnc3sc4c(c3c2=O)CCCC4)cc1. The van der Waals surface area contributed by atoms with Crippen LogP contribution in [0.3, 0.4) is 0 Å². The van der Waals surface area contributed by atoms with Gasteiger partial charge in [0.15, 0.2) is 0 Å². The van der Waals surface area contributed by atoms with Gasteiger partial charge in [0.25, 0.3) is 5.56 Å². The van der Waals surface area contributed by atoms with Gasteiger partial charge in [-0.25, -0.2) is 4.98 Å². The molecule has 0 aliphatic heterocycles. The lowest BCUT2D eigenvalue weighted by Crippen LogP contribution is -2.23. The minimum atomic E-state index is -0.383. The van der Waals surface area contributed by atoms with Crippen LogP contribution in [0.5, 0.6) is 11.5 Å². The first-order chi connectivity index (χ1) is 14.2. The summed E-state index contributed by atoms with van der Waals surface area (Å²) in [6.45, 7) is 2.95. The van der Waals surface area contributed by atoms with Gasteiger partial charge in [-0.3, -0.25) is 14.2 Å². The van der Waals surface area contributed by atoms with Crippen LogP contribution in [-0.4, -0.2) is 22.1 Å². The molecular formula is C22H24N2O4S. The smallest absolute Gasteiger partial charge is 0.312 e. The van der Waals surface area contributed by atoms with Gasteiger partial charge in [0.1, 0.15) is 16.3 Å². The zero-order valence-corrected chi connectivity index (χ0v) is 17.3. The molecule has 4 rings (SSSR count). The fourth-order valence-corrected chi connectivity index (χ4v) is 4.78. The van der Waals surface area contributed by atoms with Gasteiger partial charge in [-0.1, -0.05) is 6.92 Å². The molecule has 0 saturated carbocycles. The van der Waals surface area contributed by atoms with Crippen LogP contribution in [0.25, 0.3) is 10.2 Å². The van der Waals surface area contributed by atoms with Crippen molar-refractivity contribution in [3.63, 3.8) is 0 Å². The Morgan fingerprint density at radius 3 is 2.72 bits per heavy atom. The van der Waals surface area contributed by atoms with Crippen LogP contribution in [0.2, 0.25) is 0 Å². The summed E-state index contributed by atoms with van der Waals surface area (Å²) in [5, 5.41) is 0.739. The molecule has 3 aromatic rings. The molecule has 1 aliphatic carbocycles. The van der Waals surface area contributed by atoms with Gasteiger partial charge in [-0.05, 0) is 61.9 Å². The fourth-order valence-electron chi connectivity index (χ4n) is 3.56. The number of aryl methyl sites for hydroxylation is 3. The summed E-state index contributed by atoms with van der Waals surface area (Å²) in [4.78, 5) is 31.7. The zero-order valence-electron chi connectivity index (χ0n) is 16.5. The predicted molar refractivity (Wildman–Crippen MR) is 113 cm³/mol. The van der Waals surface area contributed by atoms with E-state index >= 15 is 0 Å². The Balaban J connectivity index is 1.41. The van der Waals surface area contributed by atoms with Gasteiger partial charge in [-0.15, -0.1) is 11.3 Å². The standard InChI is InChI=1S/C22H24N2O4S/c1-2-13-27-15-7-9-16(10-8-15)28-19(25)11-12-24-14-23-21-20(22(24)26)17-5-3-4-6-18(17)29-21/h7-10,14H,2-6,11-13H2,1H3. The Morgan fingerprint density at radius 1 is 1.17 bits per heavy atom. The molecule has 0 fully saturated rings. The van der Waals surface area contributed by atoms with Crippen molar-refractivity contribution in [2.24, 2.45) is 0 Å². The second kappa shape index (κ2) is 8.78. The van der Waals surface area contributed by atoms with Crippen molar-refractivity contribution >= 4 is 27.5 Å². The molecule has 0 radical (unpaired) electrons. The summed E-state index contributed by atoms with van der Waals surface area (Å²) >= 11 is 1.63. The van der Waals surface area contributed by atoms with Gasteiger partial charge < -0.3 is 9.47 Å². The van der Waals surface area contributed by atoms with E-state index in [2.05, 4.69) is 4.98 Å². The highest BCUT2D eigenvalue weighted by molar-refractivity contribution is 7.18. The Hall–Kier alpha value is -2.67. The van der Waals surface area contributed by atoms with Crippen LogP contribution in [0.15, 0.2) is 35.4 Å². The van der Waals surface area contributed by atoms with Gasteiger partial charge in [0.2, 0.25) is 0 Å². The van der Waals surface area contributed by atoms with Crippen molar-refractivity contribution < 1.29 is 14.3 Å². The summed E-state index contributed by atoms with van der Waals surface area (Å²) in [6.07, 6.45) is 6.84. The topological polar surface area (TPSA) is 70.4 Å². The van der Waals surface area contributed by atoms with E-state index in [0.29, 0.717) is 12.4 Å². The third-order valence-electron chi connectivity index (χ3n) is 5.03. The van der Waals surface area contributed by atoms with Crippen LogP contribution in [0.4, 0.5) is 0 Å². The van der Waals surface area contributed by atoms with E-state index in [-0.39, 0.29) is 24.5 Å². The highest BCUT2D eigenvalue weighted by atomic mass is 32.1. The van der Waals surface area contributed by atoms with Crippen LogP contribution in [0.1, 0.15) is 43.0 Å². The van der Waals surface area contributed by atoms with Crippen molar-refractivity contribution in [2.45, 2.75) is 52.0 Å². The summed E-state index contributed by atoms with van der Waals surface area (Å²) in [5.74, 6) is 0.829. The first-order valence-corrected chi connectivity index (χ1v) is 10.9. The number of ether oxygens (including phenoxy) is 2. The lowest BCUT2D eigenvalue weighted by Gasteiger charge is -2.10. The van der Waals surface area contributed by atoms with E-state index in [1.807, 2.05) is 6.92 Å². The molecule has 29 heavy (non-hydrogen) atoms. The Labute approximate surface area is 173 Å². The number of fused-ring (bicyclic) bond motifs is 3. The lowest BCUT2D eigenvalue weighted by molar-refractivity contribution is -0.134. The van der Waals surface area contributed by atoms with Gasteiger partial charge in [0, 0.05) is 11.4 Å². The normalized spacial score (nSPS) is 13.3. The number of carbonyl (C=O) groups excluding carboxylic acids is 1. The monoisotopic (exact) mass is 412 g/mol. The zero-order chi connectivity index (χ0) is 20.2. The molecule has 7 heteroatoms. The van der Waals surface area contributed by atoms with E-state index in [1.165, 1.54) is 15.9 Å². The number of nitrogens with zero attached hydrogens (tertiary/aromatic N) is 2. The van der Waals surface area contributed by atoms with Crippen LogP contribution >= 0.6 is 11.3 Å². The fraction of sp³-hybridized carbons (Fsp3) is 0.409. The number of carbonyl (C=O) groups is 1. The highest BCUT2D eigenvalue weighted by Crippen LogP contribution is 2.33. The van der Waals surface area contributed by atoms with Crippen molar-refractivity contribution in [3.05, 3.63) is 51.4 Å². The molecule has 2 aromatic heterocycles. The van der Waals surface area contributed by atoms with Gasteiger partial charge in [-0.2, -0.15) is 0 Å². The van der Waals surface area contributed by atoms with Crippen molar-refractivity contribution in [1.29, 1.82) is 0 Å². The number of benzene rings is 1. The van der Waals surface area contributed by atoms with E-state index in [0.717, 1.165) is 47.2 Å². The first-order valence-electron chi connectivity index (χ1n) is 10.1. The molecule has 0 N–H and O–H groups in total. The number of esters is 1. The van der Waals surface area contributed by atoms with Crippen molar-refractivity contribution in [3.8, 4) is 11.5 Å². The molecular weight excluding hydrogens is 388 g/mol. The molecule has 6 nitrogen and oxygen atoms in total. The van der Waals surface area contributed by atoms with E-state index in [9.17, 15) is 9.59 Å². The Morgan fingerprint density at radius 2 is 1.93 bits per heavy atom. The van der Waals surface area contributed by atoms with Crippen LogP contribution < -0.4 is 15.0 Å². The molecule has 0 amide bonds. The van der Waals surface area contributed by atoms with E-state index in [4.69, 9.17) is 9.47 Å². The lowest BCUT2D eigenvalue weighted by atomic mass is 9.97. The number of aromatic nitrogens is 2. The molecule has 0 saturated heterocycles. The molecule has 2 heterocycles. The predicted octanol–water partition coefficient (Wildman–Crippen LogP) is 4.12. The summed E-state index contributed by atoms with van der Waals surface area (Å²) in [7, 11) is 0. The average Bonchev–Trinajstić information content (AvgIpc) is 3.12. The molecule has 0 unspecified atom stereocenters. The minimum absolute atomic E-state index is 0.0559. The molecule has 0 bridgehead atoms. The maximum atomic E-state index is 12.9. The number of hydrogen-bond donors (Lipinski definition) is 0. The average molecular weight is 413 g/mol. The molecule has 1 aliphatic rings. The molecule has 152 valence electrons. The molecule has 0 atom stereocenters. The maximum Gasteiger partial charge on any atom is 0.312 e. The largest absolute Gasteiger partial charge is 0.494 e. The van der Waals surface area contributed by atoms with Crippen LogP contribution in [-0.2, 0) is 24.2 Å². The number of rotatable bonds is 7. The molecule has 1 aromatic carbocycles. The second-order valence-electron chi connectivity index (χ2n) is 7.18. The second-order valence-corrected chi connectivity index (χ2v) is 8.26. The minimum Gasteiger partial charge on any atom is -0.494 e. The number of hydrogen-bond acceptors (Lipinski definition) is 6.